The summed E-state index contributed by atoms with van der Waals surface area (Å²) in [6, 6.07) is 7.89. The molecule has 7 heteroatoms. The molecule has 1 aromatic carbocycles. The molecule has 0 unspecified atom stereocenters. The third-order valence-corrected chi connectivity index (χ3v) is 5.75. The standard InChI is InChI=1S/C22H20FN5O/c1-13-10-18-15(4-3-9-24-18)11-17(13)26-21-25-12-16-19(27-21)28(14(2)5-8-23)20(29)22(16)6-7-22/h3-4,9-12H,2,5-8H2,1H3,(H,25,26,27). The zero-order valence-electron chi connectivity index (χ0n) is 16.1. The summed E-state index contributed by atoms with van der Waals surface area (Å²) in [5.41, 5.74) is 3.49. The second kappa shape index (κ2) is 6.34. The molecule has 29 heavy (non-hydrogen) atoms. The van der Waals surface area contributed by atoms with Crippen LogP contribution in [0, 0.1) is 6.92 Å². The third kappa shape index (κ3) is 2.68. The number of fused-ring (bicyclic) bond motifs is 3. The van der Waals surface area contributed by atoms with Gasteiger partial charge in [0.05, 0.1) is 17.6 Å². The highest BCUT2D eigenvalue weighted by Gasteiger charge is 2.60. The summed E-state index contributed by atoms with van der Waals surface area (Å²) < 4.78 is 12.9. The van der Waals surface area contributed by atoms with Crippen LogP contribution in [-0.2, 0) is 10.2 Å². The molecule has 3 heterocycles. The lowest BCUT2D eigenvalue weighted by Crippen LogP contribution is -2.31. The molecule has 1 N–H and O–H groups in total. The number of hydrogen-bond acceptors (Lipinski definition) is 5. The van der Waals surface area contributed by atoms with Gasteiger partial charge in [-0.1, -0.05) is 12.6 Å². The first kappa shape index (κ1) is 17.7. The minimum Gasteiger partial charge on any atom is -0.324 e. The molecule has 2 aromatic heterocycles. The number of aromatic nitrogens is 3. The third-order valence-electron chi connectivity index (χ3n) is 5.75. The molecule has 1 aliphatic carbocycles. The summed E-state index contributed by atoms with van der Waals surface area (Å²) in [4.78, 5) is 27.9. The van der Waals surface area contributed by atoms with Crippen LogP contribution in [0.25, 0.3) is 10.9 Å². The fourth-order valence-corrected chi connectivity index (χ4v) is 3.97. The molecule has 1 fully saturated rings. The minimum atomic E-state index is -0.564. The van der Waals surface area contributed by atoms with Gasteiger partial charge < -0.3 is 5.32 Å². The Hall–Kier alpha value is -3.35. The molecule has 1 spiro atoms. The number of halogens is 1. The number of nitrogens with zero attached hydrogens (tertiary/aromatic N) is 4. The van der Waals surface area contributed by atoms with E-state index in [2.05, 4.69) is 26.8 Å². The summed E-state index contributed by atoms with van der Waals surface area (Å²) in [6.07, 6.45) is 5.12. The van der Waals surface area contributed by atoms with Crippen LogP contribution < -0.4 is 10.2 Å². The highest BCUT2D eigenvalue weighted by Crippen LogP contribution is 2.57. The van der Waals surface area contributed by atoms with Gasteiger partial charge in [0.2, 0.25) is 11.9 Å². The summed E-state index contributed by atoms with van der Waals surface area (Å²) in [6.45, 7) is 5.33. The van der Waals surface area contributed by atoms with E-state index in [1.807, 2.05) is 31.2 Å². The first-order chi connectivity index (χ1) is 14.0. The first-order valence-corrected chi connectivity index (χ1v) is 9.62. The Labute approximate surface area is 167 Å². The molecule has 6 nitrogen and oxygen atoms in total. The number of aryl methyl sites for hydroxylation is 1. The van der Waals surface area contributed by atoms with Crippen molar-refractivity contribution >= 4 is 34.3 Å². The Bertz CT molecular complexity index is 1170. The van der Waals surface area contributed by atoms with Crippen molar-refractivity contribution in [3.8, 4) is 0 Å². The van der Waals surface area contributed by atoms with E-state index in [9.17, 15) is 9.18 Å². The maximum atomic E-state index is 13.0. The van der Waals surface area contributed by atoms with Crippen molar-refractivity contribution in [2.45, 2.75) is 31.6 Å². The van der Waals surface area contributed by atoms with Crippen molar-refractivity contribution in [2.75, 3.05) is 16.9 Å². The fraction of sp³-hybridized carbons (Fsp3) is 0.273. The van der Waals surface area contributed by atoms with Gasteiger partial charge in [-0.25, -0.2) is 4.98 Å². The second-order valence-corrected chi connectivity index (χ2v) is 7.65. The number of pyridine rings is 1. The zero-order chi connectivity index (χ0) is 20.2. The van der Waals surface area contributed by atoms with Crippen LogP contribution in [0.5, 0.6) is 0 Å². The number of anilines is 3. The smallest absolute Gasteiger partial charge is 0.243 e. The maximum Gasteiger partial charge on any atom is 0.243 e. The number of alkyl halides is 1. The van der Waals surface area contributed by atoms with Gasteiger partial charge in [-0.2, -0.15) is 4.98 Å². The summed E-state index contributed by atoms with van der Waals surface area (Å²) in [5.74, 6) is 0.840. The number of hydrogen-bond donors (Lipinski definition) is 1. The van der Waals surface area contributed by atoms with Crippen LogP contribution in [0.4, 0.5) is 21.8 Å². The van der Waals surface area contributed by atoms with Gasteiger partial charge in [-0.15, -0.1) is 0 Å². The van der Waals surface area contributed by atoms with Crippen molar-refractivity contribution in [3.05, 3.63) is 60.1 Å². The van der Waals surface area contributed by atoms with E-state index in [-0.39, 0.29) is 12.3 Å². The number of carbonyl (C=O) groups excluding carboxylic acids is 1. The highest BCUT2D eigenvalue weighted by atomic mass is 19.1. The van der Waals surface area contributed by atoms with Crippen LogP contribution in [0.3, 0.4) is 0 Å². The van der Waals surface area contributed by atoms with Crippen molar-refractivity contribution < 1.29 is 9.18 Å². The molecule has 1 saturated carbocycles. The molecule has 0 radical (unpaired) electrons. The number of nitrogens with one attached hydrogen (secondary N) is 1. The monoisotopic (exact) mass is 389 g/mol. The molecule has 1 amide bonds. The Morgan fingerprint density at radius 1 is 1.34 bits per heavy atom. The lowest BCUT2D eigenvalue weighted by molar-refractivity contribution is -0.119. The van der Waals surface area contributed by atoms with Crippen molar-refractivity contribution in [2.24, 2.45) is 0 Å². The van der Waals surface area contributed by atoms with Gasteiger partial charge >= 0.3 is 0 Å². The lowest BCUT2D eigenvalue weighted by atomic mass is 10.0. The molecular formula is C22H20FN5O. The van der Waals surface area contributed by atoms with Crippen LogP contribution in [0.2, 0.25) is 0 Å². The van der Waals surface area contributed by atoms with E-state index in [1.165, 1.54) is 4.90 Å². The summed E-state index contributed by atoms with van der Waals surface area (Å²) in [5, 5.41) is 4.26. The van der Waals surface area contributed by atoms with Gasteiger partial charge in [-0.3, -0.25) is 19.1 Å². The number of rotatable bonds is 5. The Morgan fingerprint density at radius 3 is 2.93 bits per heavy atom. The molecule has 0 bridgehead atoms. The van der Waals surface area contributed by atoms with Gasteiger partial charge in [0.25, 0.3) is 0 Å². The molecule has 2 aliphatic rings. The van der Waals surface area contributed by atoms with E-state index in [0.29, 0.717) is 17.5 Å². The highest BCUT2D eigenvalue weighted by molar-refractivity contribution is 6.11. The van der Waals surface area contributed by atoms with E-state index >= 15 is 0 Å². The molecule has 0 saturated heterocycles. The molecular weight excluding hydrogens is 369 g/mol. The molecule has 5 rings (SSSR count). The van der Waals surface area contributed by atoms with Gasteiger partial charge in [-0.05, 0) is 43.5 Å². The predicted molar refractivity (Wildman–Crippen MR) is 110 cm³/mol. The van der Waals surface area contributed by atoms with Crippen LogP contribution in [0.15, 0.2) is 48.9 Å². The predicted octanol–water partition coefficient (Wildman–Crippen LogP) is 4.33. The Balaban J connectivity index is 1.53. The topological polar surface area (TPSA) is 71.0 Å². The minimum absolute atomic E-state index is 0.0645. The zero-order valence-corrected chi connectivity index (χ0v) is 16.1. The normalized spacial score (nSPS) is 16.3. The molecule has 0 atom stereocenters. The van der Waals surface area contributed by atoms with E-state index in [4.69, 9.17) is 0 Å². The molecule has 3 aromatic rings. The van der Waals surface area contributed by atoms with Gasteiger partial charge in [0.1, 0.15) is 5.82 Å². The average Bonchev–Trinajstić information content (AvgIpc) is 3.46. The van der Waals surface area contributed by atoms with Crippen LogP contribution in [0.1, 0.15) is 30.4 Å². The van der Waals surface area contributed by atoms with E-state index in [0.717, 1.165) is 40.6 Å². The number of amides is 1. The Kier molecular flexibility index (Phi) is 3.87. The quantitative estimate of drug-likeness (QED) is 0.703. The van der Waals surface area contributed by atoms with Crippen molar-refractivity contribution in [3.63, 3.8) is 0 Å². The average molecular weight is 389 g/mol. The summed E-state index contributed by atoms with van der Waals surface area (Å²) in [7, 11) is 0. The first-order valence-electron chi connectivity index (χ1n) is 9.62. The van der Waals surface area contributed by atoms with Gasteiger partial charge in [0, 0.05) is 41.1 Å². The largest absolute Gasteiger partial charge is 0.324 e. The number of allylic oxidation sites excluding steroid dienone is 1. The summed E-state index contributed by atoms with van der Waals surface area (Å²) >= 11 is 0. The number of carbonyl (C=O) groups is 1. The molecule has 1 aliphatic heterocycles. The number of benzene rings is 1. The SMILES string of the molecule is C=C(CCF)N1C(=O)C2(CC2)c2cnc(Nc3cc4cccnc4cc3C)nc21. The maximum absolute atomic E-state index is 13.0. The lowest BCUT2D eigenvalue weighted by Gasteiger charge is -2.19. The van der Waals surface area contributed by atoms with Crippen LogP contribution >= 0.6 is 0 Å². The van der Waals surface area contributed by atoms with Crippen molar-refractivity contribution in [1.29, 1.82) is 0 Å². The van der Waals surface area contributed by atoms with Gasteiger partial charge in [0.15, 0.2) is 0 Å². The van der Waals surface area contributed by atoms with Crippen LogP contribution in [-0.4, -0.2) is 27.5 Å². The Morgan fingerprint density at radius 2 is 2.17 bits per heavy atom. The second-order valence-electron chi connectivity index (χ2n) is 7.65. The van der Waals surface area contributed by atoms with Crippen molar-refractivity contribution in [1.82, 2.24) is 15.0 Å². The van der Waals surface area contributed by atoms with E-state index < -0.39 is 12.1 Å². The molecule has 146 valence electrons. The van der Waals surface area contributed by atoms with E-state index in [1.54, 1.807) is 12.4 Å². The fourth-order valence-electron chi connectivity index (χ4n) is 3.97.